The van der Waals surface area contributed by atoms with Crippen LogP contribution in [0.3, 0.4) is 0 Å². The Bertz CT molecular complexity index is 2720. The molecule has 0 aliphatic carbocycles. The van der Waals surface area contributed by atoms with E-state index in [1.54, 1.807) is 0 Å². The number of hydrogen-bond acceptors (Lipinski definition) is 14. The third-order valence-corrected chi connectivity index (χ3v) is 10.2. The van der Waals surface area contributed by atoms with Gasteiger partial charge in [-0.3, -0.25) is 32.9 Å². The van der Waals surface area contributed by atoms with Crippen LogP contribution in [0, 0.1) is 0 Å². The van der Waals surface area contributed by atoms with E-state index in [4.69, 9.17) is 4.74 Å². The number of benzene rings is 2. The smallest absolute Gasteiger partial charge is 0.357 e. The van der Waals surface area contributed by atoms with Gasteiger partial charge in [0.05, 0.1) is 38.9 Å². The molecule has 0 spiro atoms. The number of carboxylic acid groups (broad SMARTS) is 1. The molecule has 0 unspecified atom stereocenters. The van der Waals surface area contributed by atoms with Crippen molar-refractivity contribution in [1.82, 2.24) is 9.78 Å². The summed E-state index contributed by atoms with van der Waals surface area (Å²) in [6.45, 7) is 1.18. The molecule has 53 heavy (non-hydrogen) atoms. The molecule has 1 aromatic heterocycles. The molecule has 4 rings (SSSR count). The number of allylic oxidation sites excluding steroid dienone is 4. The van der Waals surface area contributed by atoms with E-state index in [9.17, 15) is 76.2 Å². The van der Waals surface area contributed by atoms with E-state index in [0.717, 1.165) is 30.4 Å². The van der Waals surface area contributed by atoms with E-state index in [1.807, 2.05) is 0 Å². The maximum atomic E-state index is 13.4. The largest absolute Gasteiger partial charge is 0.476 e. The average Bonchev–Trinajstić information content (AvgIpc) is 3.54. The Kier molecular flexibility index (Phi) is 10.9. The second-order valence-corrected chi connectivity index (χ2v) is 15.7. The highest BCUT2D eigenvalue weighted by Gasteiger charge is 2.38. The summed E-state index contributed by atoms with van der Waals surface area (Å²) in [5, 5.41) is 15.5. The highest BCUT2D eigenvalue weighted by atomic mass is 32.2. The molecular formula is C27H22N4O18S4. The molecular weight excluding hydrogens is 797 g/mol. The lowest BCUT2D eigenvalue weighted by molar-refractivity contribution is -0.129. The Balaban J connectivity index is 1.79. The summed E-state index contributed by atoms with van der Waals surface area (Å²) in [7, 11) is -20.3. The van der Waals surface area contributed by atoms with Gasteiger partial charge in [-0.05, 0) is 55.5 Å². The number of H-pyrrole nitrogens is 1. The first-order valence-electron chi connectivity index (χ1n) is 13.8. The second kappa shape index (κ2) is 14.4. The van der Waals surface area contributed by atoms with Crippen molar-refractivity contribution in [3.8, 4) is 5.69 Å². The molecule has 3 aromatic rings. The second-order valence-electron chi connectivity index (χ2n) is 10.1. The van der Waals surface area contributed by atoms with E-state index in [0.29, 0.717) is 41.1 Å². The zero-order chi connectivity index (χ0) is 39.8. The Morgan fingerprint density at radius 1 is 0.792 bits per heavy atom. The van der Waals surface area contributed by atoms with Gasteiger partial charge in [-0.15, -0.1) is 0 Å². The number of ether oxygens (including phenoxy) is 1. The zero-order valence-corrected chi connectivity index (χ0v) is 29.3. The van der Waals surface area contributed by atoms with Crippen LogP contribution in [-0.4, -0.2) is 96.9 Å². The van der Waals surface area contributed by atoms with Crippen molar-refractivity contribution in [1.29, 1.82) is 0 Å². The van der Waals surface area contributed by atoms with Crippen molar-refractivity contribution < 1.29 is 76.1 Å². The molecule has 282 valence electrons. The number of rotatable bonds is 12. The minimum absolute atomic E-state index is 0.141. The normalized spacial score (nSPS) is 15.1. The molecule has 1 amide bonds. The van der Waals surface area contributed by atoms with Gasteiger partial charge in [0.25, 0.3) is 51.9 Å². The minimum atomic E-state index is -5.19. The first-order chi connectivity index (χ1) is 24.4. The third kappa shape index (κ3) is 8.55. The third-order valence-electron chi connectivity index (χ3n) is 6.72. The van der Waals surface area contributed by atoms with Crippen molar-refractivity contribution >= 4 is 75.8 Å². The Morgan fingerprint density at radius 3 is 1.81 bits per heavy atom. The van der Waals surface area contributed by atoms with Gasteiger partial charge < -0.3 is 9.84 Å². The van der Waals surface area contributed by atoms with Crippen molar-refractivity contribution in [2.45, 2.75) is 26.5 Å². The van der Waals surface area contributed by atoms with Crippen molar-refractivity contribution in [3.05, 3.63) is 87.9 Å². The molecule has 0 fully saturated rings. The van der Waals surface area contributed by atoms with Crippen LogP contribution < -0.4 is 10.6 Å². The lowest BCUT2D eigenvalue weighted by Crippen LogP contribution is -2.24. The van der Waals surface area contributed by atoms with Crippen LogP contribution >= 0.6 is 0 Å². The molecule has 0 saturated heterocycles. The topological polar surface area (TPSA) is 352 Å². The van der Waals surface area contributed by atoms with E-state index < -0.39 is 117 Å². The summed E-state index contributed by atoms with van der Waals surface area (Å²) in [5.74, 6) is -4.35. The van der Waals surface area contributed by atoms with Crippen molar-refractivity contribution in [2.24, 2.45) is 5.10 Å². The SMILES string of the molecule is CCOC(=O)c1[nH]n(-c2cc(S(=O)(=O)O)ccc2S(=O)(=O)O)c(=O)c1C=CC=C/C=C1\C(=O)N(c2cc(S(=O)(=O)O)ccc2S(=O)(=O)O)N=C1C(=O)O. The van der Waals surface area contributed by atoms with E-state index in [-0.39, 0.29) is 11.6 Å². The van der Waals surface area contributed by atoms with Crippen LogP contribution in [0.4, 0.5) is 5.69 Å². The van der Waals surface area contributed by atoms with Gasteiger partial charge in [0.15, 0.2) is 11.4 Å². The molecule has 26 heteroatoms. The molecule has 2 heterocycles. The van der Waals surface area contributed by atoms with Gasteiger partial charge in [-0.25, -0.2) is 14.3 Å². The van der Waals surface area contributed by atoms with Crippen LogP contribution in [0.5, 0.6) is 0 Å². The molecule has 0 saturated carbocycles. The molecule has 6 N–H and O–H groups in total. The van der Waals surface area contributed by atoms with Crippen molar-refractivity contribution in [2.75, 3.05) is 11.6 Å². The lowest BCUT2D eigenvalue weighted by atomic mass is 10.1. The number of aliphatic carboxylic acids is 1. The fourth-order valence-electron chi connectivity index (χ4n) is 4.48. The summed E-state index contributed by atoms with van der Waals surface area (Å²) < 4.78 is 138. The monoisotopic (exact) mass is 818 g/mol. The van der Waals surface area contributed by atoms with Gasteiger partial charge in [-0.1, -0.05) is 18.2 Å². The first kappa shape index (κ1) is 40.2. The predicted octanol–water partition coefficient (Wildman–Crippen LogP) is 0.312. The lowest BCUT2D eigenvalue weighted by Gasteiger charge is -2.15. The van der Waals surface area contributed by atoms with Crippen molar-refractivity contribution in [3.63, 3.8) is 0 Å². The van der Waals surface area contributed by atoms with Crippen LogP contribution in [0.25, 0.3) is 11.8 Å². The van der Waals surface area contributed by atoms with Gasteiger partial charge in [0.1, 0.15) is 9.79 Å². The number of carbonyl (C=O) groups excluding carboxylic acids is 2. The van der Waals surface area contributed by atoms with Crippen LogP contribution in [0.15, 0.2) is 95.8 Å². The molecule has 1 aliphatic rings. The number of carboxylic acids is 1. The fraction of sp³-hybridized carbons (Fsp3) is 0.0741. The summed E-state index contributed by atoms with van der Waals surface area (Å²) in [4.78, 5) is 47.3. The highest BCUT2D eigenvalue weighted by Crippen LogP contribution is 2.32. The standard InChI is InChI=1S/C27H22N4O18S4/c1-2-49-27(36)23-17(25(33)31(29-23)19-13-15(51(40,41)42)9-11-21(19)53(46,47)48)7-5-3-4-6-16-22(26(34)35)28-30(24(16)32)18-12-14(50(37,38)39)8-10-20(18)52(43,44)45/h3-13,29H,2H2,1H3,(H,34,35)(H,37,38,39)(H,40,41,42)(H,43,44,45)(H,46,47,48)/b4-3?,7-5?,16-6-. The number of esters is 1. The highest BCUT2D eigenvalue weighted by molar-refractivity contribution is 7.87. The average molecular weight is 819 g/mol. The molecule has 2 aromatic carbocycles. The number of hydrogen-bond donors (Lipinski definition) is 6. The van der Waals surface area contributed by atoms with Gasteiger partial charge in [0, 0.05) is 0 Å². The molecule has 0 bridgehead atoms. The maximum absolute atomic E-state index is 13.4. The van der Waals surface area contributed by atoms with E-state index in [2.05, 4.69) is 10.2 Å². The number of carbonyl (C=O) groups is 3. The predicted molar refractivity (Wildman–Crippen MR) is 177 cm³/mol. The summed E-state index contributed by atoms with van der Waals surface area (Å²) in [6, 6.07) is 3.20. The summed E-state index contributed by atoms with van der Waals surface area (Å²) in [6.07, 6.45) is 4.85. The molecule has 1 aliphatic heterocycles. The number of nitrogens with one attached hydrogen (secondary N) is 1. The zero-order valence-electron chi connectivity index (χ0n) is 26.1. The number of aromatic nitrogens is 2. The van der Waals surface area contributed by atoms with E-state index in [1.165, 1.54) is 6.92 Å². The molecule has 22 nitrogen and oxygen atoms in total. The van der Waals surface area contributed by atoms with Gasteiger partial charge >= 0.3 is 11.9 Å². The summed E-state index contributed by atoms with van der Waals surface area (Å²) in [5.41, 5.74) is -5.92. The quantitative estimate of drug-likeness (QED) is 0.0620. The number of nitrogens with zero attached hydrogens (tertiary/aromatic N) is 3. The van der Waals surface area contributed by atoms with Crippen LogP contribution in [-0.2, 0) is 54.8 Å². The molecule has 0 radical (unpaired) electrons. The van der Waals surface area contributed by atoms with Gasteiger partial charge in [-0.2, -0.15) is 43.8 Å². The minimum Gasteiger partial charge on any atom is -0.476 e. The Morgan fingerprint density at radius 2 is 1.32 bits per heavy atom. The number of hydrazone groups is 1. The fourth-order valence-corrected chi connectivity index (χ4v) is 6.78. The Labute approximate surface area is 297 Å². The number of aromatic amines is 1. The Hall–Kier alpha value is -5.61. The number of amides is 1. The number of anilines is 1. The van der Waals surface area contributed by atoms with E-state index >= 15 is 0 Å². The first-order valence-corrected chi connectivity index (χ1v) is 19.6. The maximum Gasteiger partial charge on any atom is 0.357 e. The molecule has 0 atom stereocenters. The van der Waals surface area contributed by atoms with Crippen LogP contribution in [0.1, 0.15) is 23.0 Å². The van der Waals surface area contributed by atoms with Gasteiger partial charge in [0.2, 0.25) is 0 Å². The van der Waals surface area contributed by atoms with Crippen LogP contribution in [0.2, 0.25) is 0 Å². The summed E-state index contributed by atoms with van der Waals surface area (Å²) >= 11 is 0.